The van der Waals surface area contributed by atoms with Crippen LogP contribution in [-0.2, 0) is 31.3 Å². The second-order valence-corrected chi connectivity index (χ2v) is 9.15. The van der Waals surface area contributed by atoms with Crippen LogP contribution < -0.4 is 0 Å². The number of rotatable bonds is 3. The predicted octanol–water partition coefficient (Wildman–Crippen LogP) is 8.14. The maximum atomic E-state index is 7.32. The van der Waals surface area contributed by atoms with E-state index in [-0.39, 0.29) is 38.7 Å². The molecule has 2 aromatic rings. The molecule has 2 aromatic carbocycles. The molecule has 0 aliphatic rings. The molecule has 0 saturated carbocycles. The van der Waals surface area contributed by atoms with Gasteiger partial charge in [-0.3, -0.25) is 9.98 Å². The Balaban J connectivity index is 0. The SMILES string of the molecule is CC#N.CC(=Nc1ccccc1C(C)(C)C)C(C)=Nc1ccccc1C(C)(C)C.[CH3-].[Pd]. The second-order valence-electron chi connectivity index (χ2n) is 9.15. The molecule has 0 fully saturated rings. The molecule has 31 heavy (non-hydrogen) atoms. The van der Waals surface area contributed by atoms with Crippen molar-refractivity contribution in [2.24, 2.45) is 9.98 Å². The van der Waals surface area contributed by atoms with Crippen molar-refractivity contribution in [1.29, 1.82) is 5.26 Å². The third kappa shape index (κ3) is 9.73. The molecule has 0 amide bonds. The van der Waals surface area contributed by atoms with Crippen LogP contribution in [0.4, 0.5) is 11.4 Å². The van der Waals surface area contributed by atoms with E-state index in [0.29, 0.717) is 0 Å². The average Bonchev–Trinajstić information content (AvgIpc) is 2.61. The topological polar surface area (TPSA) is 48.5 Å². The summed E-state index contributed by atoms with van der Waals surface area (Å²) in [4.78, 5) is 9.80. The second kappa shape index (κ2) is 13.4. The molecule has 0 atom stereocenters. The van der Waals surface area contributed by atoms with Gasteiger partial charge in [-0.15, -0.1) is 0 Å². The Labute approximate surface area is 204 Å². The molecule has 4 heteroatoms. The Morgan fingerprint density at radius 3 is 1.23 bits per heavy atom. The summed E-state index contributed by atoms with van der Waals surface area (Å²) in [5.74, 6) is 0. The molecule has 172 valence electrons. The molecule has 0 heterocycles. The molecule has 0 aliphatic carbocycles. The summed E-state index contributed by atoms with van der Waals surface area (Å²) in [5.41, 5.74) is 6.57. The van der Waals surface area contributed by atoms with Gasteiger partial charge in [0.15, 0.2) is 0 Å². The molecule has 2 rings (SSSR count). The fourth-order valence-corrected chi connectivity index (χ4v) is 2.93. The number of aliphatic imine (C=N–C) groups is 2. The van der Waals surface area contributed by atoms with Crippen LogP contribution in [0.15, 0.2) is 58.5 Å². The van der Waals surface area contributed by atoms with E-state index < -0.39 is 0 Å². The first-order chi connectivity index (χ1) is 13.4. The minimum Gasteiger partial charge on any atom is -0.358 e. The van der Waals surface area contributed by atoms with Gasteiger partial charge in [-0.25, -0.2) is 0 Å². The predicted molar refractivity (Wildman–Crippen MR) is 134 cm³/mol. The smallest absolute Gasteiger partial charge is 0.0670 e. The van der Waals surface area contributed by atoms with E-state index in [9.17, 15) is 0 Å². The minimum absolute atomic E-state index is 0. The molecular formula is C27H38N3Pd-. The van der Waals surface area contributed by atoms with Gasteiger partial charge in [0.05, 0.1) is 28.9 Å². The molecule has 3 nitrogen and oxygen atoms in total. The van der Waals surface area contributed by atoms with Crippen molar-refractivity contribution < 1.29 is 20.4 Å². The summed E-state index contributed by atoms with van der Waals surface area (Å²) in [5, 5.41) is 7.32. The zero-order valence-corrected chi connectivity index (χ0v) is 22.3. The fraction of sp³-hybridized carbons (Fsp3) is 0.407. The van der Waals surface area contributed by atoms with Gasteiger partial charge in [-0.1, -0.05) is 77.9 Å². The summed E-state index contributed by atoms with van der Waals surface area (Å²) < 4.78 is 0. The number of hydrogen-bond acceptors (Lipinski definition) is 3. The Kier molecular flexibility index (Phi) is 13.4. The standard InChI is InChI=1S/C24H32N2.C2H3N.CH3.Pd/c1-17(25-21-15-11-9-13-19(21)23(3,4)5)18(2)26-22-16-12-10-14-20(22)24(6,7)8;1-2-3;;/h9-16H,1-8H3;1H3;1H3;/q;;-1;. The Hall–Kier alpha value is -2.07. The maximum absolute atomic E-state index is 7.32. The van der Waals surface area contributed by atoms with Crippen molar-refractivity contribution in [3.05, 3.63) is 67.1 Å². The molecular weight excluding hydrogens is 473 g/mol. The Morgan fingerprint density at radius 2 is 0.968 bits per heavy atom. The van der Waals surface area contributed by atoms with Gasteiger partial charge in [-0.05, 0) is 47.9 Å². The van der Waals surface area contributed by atoms with Crippen molar-refractivity contribution in [2.75, 3.05) is 0 Å². The number of benzene rings is 2. The first-order valence-corrected chi connectivity index (χ1v) is 10.0. The monoisotopic (exact) mass is 510 g/mol. The quantitative estimate of drug-likeness (QED) is 0.233. The Bertz CT molecular complexity index is 849. The zero-order valence-electron chi connectivity index (χ0n) is 20.8. The summed E-state index contributed by atoms with van der Waals surface area (Å²) in [6.07, 6.45) is 0. The van der Waals surface area contributed by atoms with Crippen LogP contribution in [0.25, 0.3) is 0 Å². The van der Waals surface area contributed by atoms with Crippen molar-refractivity contribution in [3.63, 3.8) is 0 Å². The summed E-state index contributed by atoms with van der Waals surface area (Å²) in [6, 6.07) is 18.5. The van der Waals surface area contributed by atoms with Gasteiger partial charge in [0.25, 0.3) is 0 Å². The van der Waals surface area contributed by atoms with Gasteiger partial charge < -0.3 is 7.43 Å². The van der Waals surface area contributed by atoms with Crippen LogP contribution in [0.5, 0.6) is 0 Å². The normalized spacial score (nSPS) is 11.9. The summed E-state index contributed by atoms with van der Waals surface area (Å²) in [7, 11) is 0. The van der Waals surface area contributed by atoms with E-state index in [0.717, 1.165) is 22.8 Å². The van der Waals surface area contributed by atoms with Crippen molar-refractivity contribution in [1.82, 2.24) is 0 Å². The molecule has 0 spiro atoms. The van der Waals surface area contributed by atoms with E-state index in [2.05, 4.69) is 77.9 Å². The van der Waals surface area contributed by atoms with Crippen LogP contribution in [0, 0.1) is 18.8 Å². The minimum atomic E-state index is 0. The van der Waals surface area contributed by atoms with E-state index in [1.54, 1.807) is 6.07 Å². The Morgan fingerprint density at radius 1 is 0.710 bits per heavy atom. The average molecular weight is 511 g/mol. The van der Waals surface area contributed by atoms with Gasteiger partial charge >= 0.3 is 0 Å². The number of hydrogen-bond donors (Lipinski definition) is 0. The van der Waals surface area contributed by atoms with Crippen molar-refractivity contribution in [2.45, 2.75) is 73.1 Å². The van der Waals surface area contributed by atoms with Crippen molar-refractivity contribution >= 4 is 22.8 Å². The van der Waals surface area contributed by atoms with Crippen LogP contribution in [-0.4, -0.2) is 11.4 Å². The number of para-hydroxylation sites is 2. The molecule has 0 bridgehead atoms. The third-order valence-electron chi connectivity index (χ3n) is 4.52. The molecule has 0 aliphatic heterocycles. The molecule has 0 aromatic heterocycles. The number of nitriles is 1. The van der Waals surface area contributed by atoms with E-state index in [1.807, 2.05) is 26.0 Å². The van der Waals surface area contributed by atoms with E-state index in [4.69, 9.17) is 15.2 Å². The van der Waals surface area contributed by atoms with Crippen LogP contribution >= 0.6 is 0 Å². The molecule has 0 radical (unpaired) electrons. The van der Waals surface area contributed by atoms with Gasteiger partial charge in [-0.2, -0.15) is 5.26 Å². The zero-order chi connectivity index (χ0) is 22.2. The number of nitrogens with zero attached hydrogens (tertiary/aromatic N) is 3. The van der Waals surface area contributed by atoms with Gasteiger partial charge in [0.1, 0.15) is 0 Å². The van der Waals surface area contributed by atoms with E-state index >= 15 is 0 Å². The van der Waals surface area contributed by atoms with Gasteiger partial charge in [0.2, 0.25) is 0 Å². The summed E-state index contributed by atoms with van der Waals surface area (Å²) >= 11 is 0. The van der Waals surface area contributed by atoms with Crippen LogP contribution in [0.3, 0.4) is 0 Å². The largest absolute Gasteiger partial charge is 0.358 e. The third-order valence-corrected chi connectivity index (χ3v) is 4.52. The van der Waals surface area contributed by atoms with Crippen LogP contribution in [0.2, 0.25) is 0 Å². The first-order valence-electron chi connectivity index (χ1n) is 10.0. The maximum Gasteiger partial charge on any atom is 0.0670 e. The van der Waals surface area contributed by atoms with Gasteiger partial charge in [0, 0.05) is 27.3 Å². The molecule has 0 unspecified atom stereocenters. The van der Waals surface area contributed by atoms with Crippen molar-refractivity contribution in [3.8, 4) is 6.07 Å². The first kappa shape index (κ1) is 31.1. The fourth-order valence-electron chi connectivity index (χ4n) is 2.93. The van der Waals surface area contributed by atoms with Crippen LogP contribution in [0.1, 0.15) is 73.4 Å². The molecule has 0 N–H and O–H groups in total. The molecule has 0 saturated heterocycles. The summed E-state index contributed by atoms with van der Waals surface area (Å²) in [6.45, 7) is 18.8. The van der Waals surface area contributed by atoms with E-state index in [1.165, 1.54) is 18.1 Å².